The van der Waals surface area contributed by atoms with Crippen molar-refractivity contribution in [2.75, 3.05) is 9.80 Å². The molecule has 0 unspecified atom stereocenters. The molecule has 0 atom stereocenters. The molecule has 0 amide bonds. The molecule has 3 heteroatoms. The lowest BCUT2D eigenvalue weighted by atomic mass is 9.33. The SMILES string of the molecule is c1ccc(-c2cc3c4c(c2)N(c2ccc5c(c2)-c2ccccc2C52c5ccccc5-c5ccccc52)c2ccccc2B4c2ccccc2N3c2ccc3c(c2)-c2ccccc2C32c3ccccc3-c3ccccc32)cc1. The largest absolute Gasteiger partial charge is 0.311 e. The molecule has 2 spiro atoms. The first-order chi connectivity index (χ1) is 38.2. The molecule has 18 rings (SSSR count). The third-order valence-corrected chi connectivity index (χ3v) is 18.5. The summed E-state index contributed by atoms with van der Waals surface area (Å²) in [5, 5.41) is 0. The van der Waals surface area contributed by atoms with E-state index in [-0.39, 0.29) is 6.71 Å². The van der Waals surface area contributed by atoms with Crippen LogP contribution in [0.3, 0.4) is 0 Å². The van der Waals surface area contributed by atoms with Crippen molar-refractivity contribution < 1.29 is 0 Å². The van der Waals surface area contributed by atoms with E-state index in [4.69, 9.17) is 0 Å². The Morgan fingerprint density at radius 3 is 0.935 bits per heavy atom. The van der Waals surface area contributed by atoms with Gasteiger partial charge < -0.3 is 9.80 Å². The summed E-state index contributed by atoms with van der Waals surface area (Å²) in [6.07, 6.45) is 0. The highest BCUT2D eigenvalue weighted by molar-refractivity contribution is 7.00. The second-order valence-electron chi connectivity index (χ2n) is 21.7. The molecule has 2 aliphatic heterocycles. The third-order valence-electron chi connectivity index (χ3n) is 18.5. The summed E-state index contributed by atoms with van der Waals surface area (Å²) in [7, 11) is 0. The Bertz CT molecular complexity index is 4210. The van der Waals surface area contributed by atoms with Gasteiger partial charge in [0.05, 0.1) is 10.8 Å². The molecule has 354 valence electrons. The van der Waals surface area contributed by atoms with E-state index in [1.807, 2.05) is 0 Å². The van der Waals surface area contributed by atoms with Crippen LogP contribution >= 0.6 is 0 Å². The van der Waals surface area contributed by atoms with Gasteiger partial charge in [-0.05, 0) is 165 Å². The fraction of sp³-hybridized carbons (Fsp3) is 0.0270. The van der Waals surface area contributed by atoms with Gasteiger partial charge in [-0.15, -0.1) is 0 Å². The van der Waals surface area contributed by atoms with Crippen LogP contribution in [-0.4, -0.2) is 6.71 Å². The van der Waals surface area contributed by atoms with Gasteiger partial charge in [0.1, 0.15) is 0 Å². The summed E-state index contributed by atoms with van der Waals surface area (Å²) in [5.74, 6) is 0. The quantitative estimate of drug-likeness (QED) is 0.163. The van der Waals surface area contributed by atoms with E-state index < -0.39 is 10.8 Å². The number of benzene rings is 12. The Labute approximate surface area is 448 Å². The summed E-state index contributed by atoms with van der Waals surface area (Å²) in [6, 6.07) is 104. The van der Waals surface area contributed by atoms with Gasteiger partial charge in [-0.2, -0.15) is 0 Å². The third kappa shape index (κ3) is 5.08. The smallest absolute Gasteiger partial charge is 0.252 e. The highest BCUT2D eigenvalue weighted by atomic mass is 15.2. The molecular formula is C74H45BN2. The molecule has 0 radical (unpaired) electrons. The molecular weight excluding hydrogens is 928 g/mol. The van der Waals surface area contributed by atoms with E-state index in [2.05, 4.69) is 283 Å². The molecule has 2 nitrogen and oxygen atoms in total. The highest BCUT2D eigenvalue weighted by Crippen LogP contribution is 2.65. The van der Waals surface area contributed by atoms with Crippen molar-refractivity contribution in [1.29, 1.82) is 0 Å². The Kier molecular flexibility index (Phi) is 8.11. The molecule has 0 fully saturated rings. The zero-order valence-electron chi connectivity index (χ0n) is 42.0. The molecule has 0 saturated carbocycles. The molecule has 0 N–H and O–H groups in total. The van der Waals surface area contributed by atoms with Crippen LogP contribution in [0.1, 0.15) is 44.5 Å². The van der Waals surface area contributed by atoms with Gasteiger partial charge in [0.15, 0.2) is 0 Å². The maximum absolute atomic E-state index is 2.59. The number of hydrogen-bond donors (Lipinski definition) is 0. The van der Waals surface area contributed by atoms with E-state index in [0.717, 1.165) is 11.4 Å². The number of hydrogen-bond acceptors (Lipinski definition) is 2. The van der Waals surface area contributed by atoms with Gasteiger partial charge in [0, 0.05) is 34.1 Å². The van der Waals surface area contributed by atoms with Gasteiger partial charge in [-0.25, -0.2) is 0 Å². The van der Waals surface area contributed by atoms with Crippen LogP contribution in [0.15, 0.2) is 273 Å². The van der Waals surface area contributed by atoms with Crippen LogP contribution in [0.2, 0.25) is 0 Å². The molecule has 4 aliphatic carbocycles. The second kappa shape index (κ2) is 15.0. The van der Waals surface area contributed by atoms with Gasteiger partial charge in [-0.3, -0.25) is 0 Å². The summed E-state index contributed by atoms with van der Waals surface area (Å²) in [6.45, 7) is -0.000414. The van der Waals surface area contributed by atoms with Crippen molar-refractivity contribution in [3.05, 3.63) is 317 Å². The van der Waals surface area contributed by atoms with Gasteiger partial charge in [0.25, 0.3) is 6.71 Å². The lowest BCUT2D eigenvalue weighted by Crippen LogP contribution is -2.61. The van der Waals surface area contributed by atoms with Gasteiger partial charge in [0.2, 0.25) is 0 Å². The number of nitrogens with zero attached hydrogens (tertiary/aromatic N) is 2. The zero-order valence-corrected chi connectivity index (χ0v) is 42.0. The van der Waals surface area contributed by atoms with Crippen molar-refractivity contribution in [2.45, 2.75) is 10.8 Å². The average molecular weight is 973 g/mol. The van der Waals surface area contributed by atoms with Gasteiger partial charge in [-0.1, -0.05) is 224 Å². The minimum absolute atomic E-state index is 0.000414. The topological polar surface area (TPSA) is 6.48 Å². The van der Waals surface area contributed by atoms with Gasteiger partial charge >= 0.3 is 0 Å². The van der Waals surface area contributed by atoms with Crippen LogP contribution in [0.25, 0.3) is 55.6 Å². The van der Waals surface area contributed by atoms with Crippen molar-refractivity contribution in [3.63, 3.8) is 0 Å². The second-order valence-corrected chi connectivity index (χ2v) is 21.7. The molecule has 0 saturated heterocycles. The number of para-hydroxylation sites is 2. The fourth-order valence-corrected chi connectivity index (χ4v) is 15.7. The van der Waals surface area contributed by atoms with Crippen LogP contribution < -0.4 is 26.2 Å². The summed E-state index contributed by atoms with van der Waals surface area (Å²) in [5.41, 5.74) is 33.8. The lowest BCUT2D eigenvalue weighted by Gasteiger charge is -2.44. The zero-order chi connectivity index (χ0) is 50.1. The Morgan fingerprint density at radius 1 is 0.234 bits per heavy atom. The Hall–Kier alpha value is -9.70. The van der Waals surface area contributed by atoms with Crippen molar-refractivity contribution in [2.24, 2.45) is 0 Å². The van der Waals surface area contributed by atoms with E-state index in [9.17, 15) is 0 Å². The predicted octanol–water partition coefficient (Wildman–Crippen LogP) is 16.1. The van der Waals surface area contributed by atoms with Crippen molar-refractivity contribution >= 4 is 57.2 Å². The first-order valence-electron chi connectivity index (χ1n) is 27.1. The highest BCUT2D eigenvalue weighted by Gasteiger charge is 2.54. The molecule has 2 heterocycles. The standard InChI is InChI=1S/C74H45BN2/c1-2-20-46(21-3-1)47-42-70-72-71(43-47)77(49-39-41-65-57(45-49)55-27-9-15-33-63(55)74(65)60-30-12-6-24-52(60)53-25-7-13-31-61(53)74)69-37-19-17-35-67(69)75(72)66-34-16-18-36-68(66)76(70)48-38-40-64-56(44-48)54-26-8-14-32-62(54)73(64)58-28-10-4-22-50(58)51-23-5-11-29-59(51)73/h1-45H. The summed E-state index contributed by atoms with van der Waals surface area (Å²) < 4.78 is 0. The monoisotopic (exact) mass is 972 g/mol. The normalized spacial score (nSPS) is 14.9. The molecule has 0 bridgehead atoms. The molecule has 12 aromatic rings. The van der Waals surface area contributed by atoms with Crippen LogP contribution in [0.5, 0.6) is 0 Å². The first kappa shape index (κ1) is 41.6. The van der Waals surface area contributed by atoms with Crippen LogP contribution in [0, 0.1) is 0 Å². The number of rotatable bonds is 3. The maximum Gasteiger partial charge on any atom is 0.252 e. The Morgan fingerprint density at radius 2 is 0.545 bits per heavy atom. The molecule has 0 aromatic heterocycles. The lowest BCUT2D eigenvalue weighted by molar-refractivity contribution is 0.794. The summed E-state index contributed by atoms with van der Waals surface area (Å²) >= 11 is 0. The minimum Gasteiger partial charge on any atom is -0.311 e. The summed E-state index contributed by atoms with van der Waals surface area (Å²) in [4.78, 5) is 5.18. The molecule has 12 aromatic carbocycles. The van der Waals surface area contributed by atoms with E-state index in [1.54, 1.807) is 0 Å². The van der Waals surface area contributed by atoms with E-state index >= 15 is 0 Å². The van der Waals surface area contributed by atoms with Crippen molar-refractivity contribution in [3.8, 4) is 55.6 Å². The molecule has 77 heavy (non-hydrogen) atoms. The first-order valence-corrected chi connectivity index (χ1v) is 27.1. The fourth-order valence-electron chi connectivity index (χ4n) is 15.7. The van der Waals surface area contributed by atoms with Crippen LogP contribution in [0.4, 0.5) is 34.1 Å². The van der Waals surface area contributed by atoms with E-state index in [0.29, 0.717) is 0 Å². The van der Waals surface area contributed by atoms with Crippen LogP contribution in [-0.2, 0) is 10.8 Å². The average Bonchev–Trinajstić information content (AvgIpc) is 4.35. The molecule has 6 aliphatic rings. The Balaban J connectivity index is 0.886. The number of fused-ring (bicyclic) bond motifs is 24. The number of anilines is 6. The van der Waals surface area contributed by atoms with Crippen molar-refractivity contribution in [1.82, 2.24) is 0 Å². The predicted molar refractivity (Wildman–Crippen MR) is 318 cm³/mol. The minimum atomic E-state index is -0.417. The van der Waals surface area contributed by atoms with E-state index in [1.165, 1.54) is 139 Å². The maximum atomic E-state index is 2.59.